The third kappa shape index (κ3) is 3.29. The molecule has 2 aliphatic heterocycles. The average Bonchev–Trinajstić information content (AvgIpc) is 2.39. The van der Waals surface area contributed by atoms with E-state index in [-0.39, 0.29) is 16.9 Å². The highest BCUT2D eigenvalue weighted by atomic mass is 35.5. The van der Waals surface area contributed by atoms with Crippen LogP contribution in [0.1, 0.15) is 37.7 Å². The Morgan fingerprint density at radius 2 is 1.81 bits per heavy atom. The second-order valence-electron chi connectivity index (χ2n) is 5.82. The quantitative estimate of drug-likeness (QED) is 0.871. The molecule has 2 heterocycles. The number of alkyl halides is 3. The lowest BCUT2D eigenvalue weighted by atomic mass is 9.85. The maximum Gasteiger partial charge on any atom is 0.417 e. The number of benzene rings is 1. The summed E-state index contributed by atoms with van der Waals surface area (Å²) in [7, 11) is 0. The van der Waals surface area contributed by atoms with Crippen molar-refractivity contribution in [1.29, 1.82) is 0 Å². The maximum atomic E-state index is 12.8. The minimum atomic E-state index is -4.46. The molecule has 2 saturated heterocycles. The van der Waals surface area contributed by atoms with E-state index in [0.29, 0.717) is 12.1 Å². The summed E-state index contributed by atoms with van der Waals surface area (Å²) < 4.78 is 44.3. The molecule has 1 aromatic rings. The molecule has 3 rings (SSSR count). The first kappa shape index (κ1) is 15.0. The van der Waals surface area contributed by atoms with E-state index in [1.807, 2.05) is 0 Å². The zero-order valence-corrected chi connectivity index (χ0v) is 12.2. The van der Waals surface area contributed by atoms with Crippen molar-refractivity contribution in [3.63, 3.8) is 0 Å². The molecule has 1 aromatic carbocycles. The number of rotatable bonds is 2. The molecule has 0 aromatic heterocycles. The number of ether oxygens (including phenoxy) is 1. The van der Waals surface area contributed by atoms with Crippen LogP contribution in [0.25, 0.3) is 0 Å². The normalized spacial score (nSPS) is 29.2. The van der Waals surface area contributed by atoms with Gasteiger partial charge in [-0.05, 0) is 37.8 Å². The predicted octanol–water partition coefficient (Wildman–Crippen LogP) is 4.41. The third-order valence-electron chi connectivity index (χ3n) is 4.23. The summed E-state index contributed by atoms with van der Waals surface area (Å²) >= 11 is 5.87. The Labute approximate surface area is 126 Å². The summed E-state index contributed by atoms with van der Waals surface area (Å²) in [5.41, 5.74) is -0.837. The van der Waals surface area contributed by atoms with Crippen LogP contribution in [0.5, 0.6) is 5.75 Å². The fourth-order valence-electron chi connectivity index (χ4n) is 3.31. The van der Waals surface area contributed by atoms with Crippen LogP contribution in [0, 0.1) is 0 Å². The fraction of sp³-hybridized carbons (Fsp3) is 0.600. The number of fused-ring (bicyclic) bond motifs is 2. The maximum absolute atomic E-state index is 12.8. The van der Waals surface area contributed by atoms with Crippen molar-refractivity contribution < 1.29 is 17.9 Å². The Kier molecular flexibility index (Phi) is 4.06. The molecular weight excluding hydrogens is 303 g/mol. The van der Waals surface area contributed by atoms with Gasteiger partial charge in [0.15, 0.2) is 0 Å². The highest BCUT2D eigenvalue weighted by Crippen LogP contribution is 2.40. The Hall–Kier alpha value is -0.940. The Balaban J connectivity index is 1.76. The molecule has 1 N–H and O–H groups in total. The third-order valence-corrected chi connectivity index (χ3v) is 4.62. The van der Waals surface area contributed by atoms with Crippen LogP contribution in [-0.4, -0.2) is 18.2 Å². The van der Waals surface area contributed by atoms with Gasteiger partial charge in [0.05, 0.1) is 10.6 Å². The molecule has 21 heavy (non-hydrogen) atoms. The standard InChI is InChI=1S/C15H17ClF3NO/c16-14-12(15(17,18)19)5-2-6-13(14)21-11-7-9-3-1-4-10(8-11)20-9/h2,5-6,9-11,20H,1,3-4,7-8H2/t9-,10+,11?. The molecule has 116 valence electrons. The Morgan fingerprint density at radius 3 is 2.43 bits per heavy atom. The summed E-state index contributed by atoms with van der Waals surface area (Å²) in [6.07, 6.45) is 0.536. The van der Waals surface area contributed by atoms with Gasteiger partial charge < -0.3 is 10.1 Å². The Bertz CT molecular complexity index is 508. The topological polar surface area (TPSA) is 21.3 Å². The number of piperidine rings is 2. The van der Waals surface area contributed by atoms with Crippen LogP contribution in [0.4, 0.5) is 13.2 Å². The van der Waals surface area contributed by atoms with Crippen LogP contribution < -0.4 is 10.1 Å². The summed E-state index contributed by atoms with van der Waals surface area (Å²) in [6, 6.07) is 4.65. The highest BCUT2D eigenvalue weighted by Gasteiger charge is 2.36. The first-order valence-electron chi connectivity index (χ1n) is 7.22. The highest BCUT2D eigenvalue weighted by molar-refractivity contribution is 6.32. The van der Waals surface area contributed by atoms with Crippen molar-refractivity contribution in [2.45, 2.75) is 56.5 Å². The largest absolute Gasteiger partial charge is 0.489 e. The lowest BCUT2D eigenvalue weighted by Crippen LogP contribution is -2.51. The molecule has 3 atom stereocenters. The molecular formula is C15H17ClF3NO. The number of hydrogen-bond donors (Lipinski definition) is 1. The van der Waals surface area contributed by atoms with E-state index >= 15 is 0 Å². The van der Waals surface area contributed by atoms with Crippen molar-refractivity contribution in [3.05, 3.63) is 28.8 Å². The smallest absolute Gasteiger partial charge is 0.417 e. The van der Waals surface area contributed by atoms with Crippen molar-refractivity contribution in [2.24, 2.45) is 0 Å². The lowest BCUT2D eigenvalue weighted by Gasteiger charge is -2.40. The molecule has 2 aliphatic rings. The predicted molar refractivity (Wildman–Crippen MR) is 74.7 cm³/mol. The van der Waals surface area contributed by atoms with Crippen molar-refractivity contribution in [2.75, 3.05) is 0 Å². The van der Waals surface area contributed by atoms with Gasteiger partial charge in [-0.15, -0.1) is 0 Å². The van der Waals surface area contributed by atoms with Gasteiger partial charge in [-0.25, -0.2) is 0 Å². The molecule has 2 bridgehead atoms. The molecule has 0 amide bonds. The van der Waals surface area contributed by atoms with E-state index in [2.05, 4.69) is 5.32 Å². The molecule has 6 heteroatoms. The zero-order valence-electron chi connectivity index (χ0n) is 11.4. The van der Waals surface area contributed by atoms with Gasteiger partial charge >= 0.3 is 6.18 Å². The van der Waals surface area contributed by atoms with Gasteiger partial charge in [0.25, 0.3) is 0 Å². The van der Waals surface area contributed by atoms with Gasteiger partial charge in [0, 0.05) is 12.1 Å². The van der Waals surface area contributed by atoms with E-state index < -0.39 is 11.7 Å². The second kappa shape index (κ2) is 5.69. The van der Waals surface area contributed by atoms with Crippen molar-refractivity contribution in [1.82, 2.24) is 5.32 Å². The number of hydrogen-bond acceptors (Lipinski definition) is 2. The minimum absolute atomic E-state index is 0.0671. The first-order chi connectivity index (χ1) is 9.93. The second-order valence-corrected chi connectivity index (χ2v) is 6.20. The van der Waals surface area contributed by atoms with Crippen LogP contribution in [-0.2, 0) is 6.18 Å². The fourth-order valence-corrected chi connectivity index (χ4v) is 3.59. The lowest BCUT2D eigenvalue weighted by molar-refractivity contribution is -0.137. The van der Waals surface area contributed by atoms with Gasteiger partial charge in [0.2, 0.25) is 0 Å². The van der Waals surface area contributed by atoms with Crippen LogP contribution >= 0.6 is 11.6 Å². The van der Waals surface area contributed by atoms with Crippen LogP contribution in [0.2, 0.25) is 5.02 Å². The molecule has 2 fully saturated rings. The first-order valence-corrected chi connectivity index (χ1v) is 7.59. The van der Waals surface area contributed by atoms with Crippen LogP contribution in [0.15, 0.2) is 18.2 Å². The van der Waals surface area contributed by atoms with Gasteiger partial charge in [-0.2, -0.15) is 13.2 Å². The van der Waals surface area contributed by atoms with E-state index in [1.165, 1.54) is 18.6 Å². The summed E-state index contributed by atoms with van der Waals surface area (Å²) in [5, 5.41) is 3.19. The summed E-state index contributed by atoms with van der Waals surface area (Å²) in [6.45, 7) is 0. The van der Waals surface area contributed by atoms with Gasteiger partial charge in [-0.3, -0.25) is 0 Å². The van der Waals surface area contributed by atoms with Crippen molar-refractivity contribution in [3.8, 4) is 5.75 Å². The van der Waals surface area contributed by atoms with Crippen LogP contribution in [0.3, 0.4) is 0 Å². The van der Waals surface area contributed by atoms with Gasteiger partial charge in [-0.1, -0.05) is 24.1 Å². The molecule has 0 saturated carbocycles. The van der Waals surface area contributed by atoms with E-state index in [0.717, 1.165) is 31.7 Å². The van der Waals surface area contributed by atoms with Crippen molar-refractivity contribution >= 4 is 11.6 Å². The zero-order chi connectivity index (χ0) is 15.0. The molecule has 0 radical (unpaired) electrons. The molecule has 0 spiro atoms. The monoisotopic (exact) mass is 319 g/mol. The SMILES string of the molecule is FC(F)(F)c1cccc(OC2C[C@H]3CCC[C@@H](C2)N3)c1Cl. The van der Waals surface area contributed by atoms with E-state index in [1.54, 1.807) is 0 Å². The molecule has 1 unspecified atom stereocenters. The van der Waals surface area contributed by atoms with Gasteiger partial charge in [0.1, 0.15) is 11.9 Å². The number of halogens is 4. The summed E-state index contributed by atoms with van der Waals surface area (Å²) in [5.74, 6) is 0.136. The Morgan fingerprint density at radius 1 is 1.14 bits per heavy atom. The molecule has 2 nitrogen and oxygen atoms in total. The van der Waals surface area contributed by atoms with E-state index in [9.17, 15) is 13.2 Å². The minimum Gasteiger partial charge on any atom is -0.489 e. The average molecular weight is 320 g/mol. The molecule has 0 aliphatic carbocycles. The van der Waals surface area contributed by atoms with E-state index in [4.69, 9.17) is 16.3 Å². The summed E-state index contributed by atoms with van der Waals surface area (Å²) in [4.78, 5) is 0. The number of nitrogens with one attached hydrogen (secondary N) is 1.